The Balaban J connectivity index is 1.87. The van der Waals surface area contributed by atoms with Gasteiger partial charge in [-0.3, -0.25) is 4.99 Å². The molecule has 0 bridgehead atoms. The molecule has 0 aliphatic heterocycles. The second-order valence-corrected chi connectivity index (χ2v) is 5.71. The molecule has 1 aromatic heterocycles. The summed E-state index contributed by atoms with van der Waals surface area (Å²) in [5, 5.41) is 0.705. The van der Waals surface area contributed by atoms with E-state index in [0.717, 1.165) is 42.0 Å². The van der Waals surface area contributed by atoms with Gasteiger partial charge < -0.3 is 4.42 Å². The zero-order valence-corrected chi connectivity index (χ0v) is 13.0. The smallest absolute Gasteiger partial charge is 0.226 e. The van der Waals surface area contributed by atoms with Crippen LogP contribution in [0.2, 0.25) is 5.02 Å². The van der Waals surface area contributed by atoms with Crippen molar-refractivity contribution in [1.29, 1.82) is 0 Å². The minimum absolute atomic E-state index is 0.314. The maximum atomic E-state index is 5.97. The van der Waals surface area contributed by atoms with E-state index in [2.05, 4.69) is 23.1 Å². The van der Waals surface area contributed by atoms with Crippen LogP contribution in [-0.4, -0.2) is 10.7 Å². The van der Waals surface area contributed by atoms with E-state index in [-0.39, 0.29) is 0 Å². The topological polar surface area (TPSA) is 38.4 Å². The zero-order chi connectivity index (χ0) is 15.5. The molecule has 0 saturated carbocycles. The quantitative estimate of drug-likeness (QED) is 0.755. The van der Waals surface area contributed by atoms with Gasteiger partial charge in [-0.15, -0.1) is 0 Å². The van der Waals surface area contributed by atoms with Crippen LogP contribution in [-0.2, 0) is 12.8 Å². The first kappa shape index (κ1) is 14.8. The van der Waals surface area contributed by atoms with Gasteiger partial charge in [0.05, 0.1) is 5.69 Å². The Morgan fingerprint density at radius 3 is 2.77 bits per heavy atom. The highest BCUT2D eigenvalue weighted by Gasteiger charge is 2.26. The van der Waals surface area contributed by atoms with Gasteiger partial charge in [-0.2, -0.15) is 0 Å². The lowest BCUT2D eigenvalue weighted by Gasteiger charge is -2.19. The van der Waals surface area contributed by atoms with E-state index in [0.29, 0.717) is 16.8 Å². The van der Waals surface area contributed by atoms with Crippen LogP contribution in [0, 0.1) is 5.92 Å². The minimum atomic E-state index is 0.314. The number of hydrogen-bond donors (Lipinski definition) is 0. The van der Waals surface area contributed by atoms with Gasteiger partial charge in [-0.1, -0.05) is 24.8 Å². The number of aliphatic imine (C=N–C) groups is 1. The van der Waals surface area contributed by atoms with Crippen molar-refractivity contribution < 1.29 is 4.42 Å². The molecule has 0 radical (unpaired) electrons. The van der Waals surface area contributed by atoms with E-state index in [4.69, 9.17) is 16.0 Å². The second kappa shape index (κ2) is 6.32. The number of rotatable bonds is 4. The van der Waals surface area contributed by atoms with Gasteiger partial charge in [-0.25, -0.2) is 4.98 Å². The molecule has 0 spiro atoms. The normalized spacial score (nSPS) is 17.9. The van der Waals surface area contributed by atoms with Crippen LogP contribution in [0.5, 0.6) is 0 Å². The summed E-state index contributed by atoms with van der Waals surface area (Å²) in [6, 6.07) is 7.53. The molecule has 0 amide bonds. The Kier molecular flexibility index (Phi) is 4.25. The SMILES string of the molecule is C=CN=C(C=C)C1CCc2nc(-c3ccc(Cl)cc3)oc2C1. The van der Waals surface area contributed by atoms with E-state index >= 15 is 0 Å². The summed E-state index contributed by atoms with van der Waals surface area (Å²) in [7, 11) is 0. The molecule has 1 aliphatic rings. The van der Waals surface area contributed by atoms with Crippen molar-refractivity contribution in [3.8, 4) is 11.5 Å². The van der Waals surface area contributed by atoms with Crippen molar-refractivity contribution >= 4 is 17.3 Å². The zero-order valence-electron chi connectivity index (χ0n) is 12.3. The van der Waals surface area contributed by atoms with E-state index in [1.165, 1.54) is 0 Å². The van der Waals surface area contributed by atoms with Crippen LogP contribution in [0.4, 0.5) is 0 Å². The lowest BCUT2D eigenvalue weighted by molar-refractivity contribution is 0.456. The van der Waals surface area contributed by atoms with Crippen molar-refractivity contribution in [2.75, 3.05) is 0 Å². The molecule has 1 unspecified atom stereocenters. The summed E-state index contributed by atoms with van der Waals surface area (Å²) in [6.07, 6.45) is 6.05. The van der Waals surface area contributed by atoms with Crippen molar-refractivity contribution in [2.24, 2.45) is 10.9 Å². The largest absolute Gasteiger partial charge is 0.441 e. The molecule has 1 aliphatic carbocycles. The fourth-order valence-electron chi connectivity index (χ4n) is 2.77. The number of allylic oxidation sites excluding steroid dienone is 1. The number of aromatic nitrogens is 1. The average Bonchev–Trinajstić information content (AvgIpc) is 2.96. The van der Waals surface area contributed by atoms with Crippen molar-refractivity contribution in [3.05, 3.63) is 66.2 Å². The van der Waals surface area contributed by atoms with Crippen LogP contribution in [0.3, 0.4) is 0 Å². The van der Waals surface area contributed by atoms with E-state index in [9.17, 15) is 0 Å². The summed E-state index contributed by atoms with van der Waals surface area (Å²) >= 11 is 5.92. The minimum Gasteiger partial charge on any atom is -0.441 e. The first-order valence-electron chi connectivity index (χ1n) is 7.27. The Morgan fingerprint density at radius 1 is 1.32 bits per heavy atom. The summed E-state index contributed by atoms with van der Waals surface area (Å²) in [6.45, 7) is 7.49. The van der Waals surface area contributed by atoms with Gasteiger partial charge in [0.1, 0.15) is 5.76 Å². The van der Waals surface area contributed by atoms with Crippen molar-refractivity contribution in [2.45, 2.75) is 19.3 Å². The van der Waals surface area contributed by atoms with Crippen LogP contribution >= 0.6 is 11.6 Å². The second-order valence-electron chi connectivity index (χ2n) is 5.28. The molecule has 4 heteroatoms. The van der Waals surface area contributed by atoms with Crippen LogP contribution in [0.25, 0.3) is 11.5 Å². The molecular weight excluding hydrogens is 296 g/mol. The number of benzene rings is 1. The van der Waals surface area contributed by atoms with Crippen LogP contribution in [0.1, 0.15) is 17.9 Å². The number of halogens is 1. The summed E-state index contributed by atoms with van der Waals surface area (Å²) in [4.78, 5) is 8.92. The standard InChI is InChI=1S/C18H17ClN2O/c1-3-15(20-4-2)13-7-10-16-17(11-13)22-18(21-16)12-5-8-14(19)9-6-12/h3-6,8-9,13H,1-2,7,10-11H2. The highest BCUT2D eigenvalue weighted by Crippen LogP contribution is 2.31. The summed E-state index contributed by atoms with van der Waals surface area (Å²) in [5.41, 5.74) is 2.95. The summed E-state index contributed by atoms with van der Waals surface area (Å²) < 4.78 is 5.97. The Morgan fingerprint density at radius 2 is 2.09 bits per heavy atom. The van der Waals surface area contributed by atoms with E-state index < -0.39 is 0 Å². The third kappa shape index (κ3) is 2.90. The van der Waals surface area contributed by atoms with Crippen LogP contribution < -0.4 is 0 Å². The van der Waals surface area contributed by atoms with Gasteiger partial charge in [0.15, 0.2) is 0 Å². The predicted molar refractivity (Wildman–Crippen MR) is 90.3 cm³/mol. The molecule has 112 valence electrons. The fourth-order valence-corrected chi connectivity index (χ4v) is 2.90. The third-order valence-electron chi connectivity index (χ3n) is 3.90. The first-order chi connectivity index (χ1) is 10.7. The van der Waals surface area contributed by atoms with Gasteiger partial charge in [-0.05, 0) is 43.2 Å². The van der Waals surface area contributed by atoms with Crippen molar-refractivity contribution in [1.82, 2.24) is 4.98 Å². The maximum absolute atomic E-state index is 5.97. The van der Waals surface area contributed by atoms with Crippen LogP contribution in [0.15, 0.2) is 59.1 Å². The molecule has 1 atom stereocenters. The lowest BCUT2D eigenvalue weighted by atomic mass is 9.86. The Labute approximate surface area is 135 Å². The highest BCUT2D eigenvalue weighted by atomic mass is 35.5. The molecule has 0 fully saturated rings. The highest BCUT2D eigenvalue weighted by molar-refractivity contribution is 6.30. The molecule has 3 rings (SSSR count). The van der Waals surface area contributed by atoms with Crippen molar-refractivity contribution in [3.63, 3.8) is 0 Å². The number of nitrogens with zero attached hydrogens (tertiary/aromatic N) is 2. The van der Waals surface area contributed by atoms with Gasteiger partial charge in [0.25, 0.3) is 0 Å². The molecule has 0 saturated heterocycles. The lowest BCUT2D eigenvalue weighted by Crippen LogP contribution is -2.20. The fraction of sp³-hybridized carbons (Fsp3) is 0.222. The van der Waals surface area contributed by atoms with Gasteiger partial charge in [0, 0.05) is 34.8 Å². The number of oxazole rings is 1. The van der Waals surface area contributed by atoms with E-state index in [1.54, 1.807) is 12.3 Å². The Hall–Kier alpha value is -2.13. The Bertz CT molecular complexity index is 728. The molecule has 0 N–H and O–H groups in total. The number of aryl methyl sites for hydroxylation is 1. The average molecular weight is 313 g/mol. The number of fused-ring (bicyclic) bond motifs is 1. The molecule has 1 aromatic carbocycles. The number of hydrogen-bond acceptors (Lipinski definition) is 3. The maximum Gasteiger partial charge on any atom is 0.226 e. The molecule has 2 aromatic rings. The first-order valence-corrected chi connectivity index (χ1v) is 7.64. The molecule has 1 heterocycles. The predicted octanol–water partition coefficient (Wildman–Crippen LogP) is 4.87. The molecule has 22 heavy (non-hydrogen) atoms. The van der Waals surface area contributed by atoms with E-state index in [1.807, 2.05) is 24.3 Å². The monoisotopic (exact) mass is 312 g/mol. The molecular formula is C18H17ClN2O. The third-order valence-corrected chi connectivity index (χ3v) is 4.15. The molecule has 3 nitrogen and oxygen atoms in total. The van der Waals surface area contributed by atoms with Gasteiger partial charge in [0.2, 0.25) is 5.89 Å². The van der Waals surface area contributed by atoms with Gasteiger partial charge >= 0.3 is 0 Å². The summed E-state index contributed by atoms with van der Waals surface area (Å²) in [5.74, 6) is 1.91.